The second-order valence-corrected chi connectivity index (χ2v) is 2.27. The fraction of sp³-hybridized carbons (Fsp3) is 0.125. The van der Waals surface area contributed by atoms with E-state index < -0.39 is 5.90 Å². The number of benzene rings is 1. The molecule has 0 amide bonds. The van der Waals surface area contributed by atoms with Crippen molar-refractivity contribution in [1.82, 2.24) is 0 Å². The zero-order chi connectivity index (χ0) is 8.27. The van der Waals surface area contributed by atoms with Crippen LogP contribution in [0.2, 0.25) is 0 Å². The van der Waals surface area contributed by atoms with Gasteiger partial charge in [-0.2, -0.15) is 0 Å². The molecular weight excluding hydrogens is 181 g/mol. The van der Waals surface area contributed by atoms with Gasteiger partial charge in [-0.15, -0.1) is 5.16 Å². The summed E-state index contributed by atoms with van der Waals surface area (Å²) in [6, 6.07) is 6.82. The number of aryl methyl sites for hydroxylation is 1. The Balaban J connectivity index is 0.00000121. The van der Waals surface area contributed by atoms with Crippen LogP contribution in [-0.4, -0.2) is 11.1 Å². The SMILES string of the molecule is Cc1ccc(/C([O-])=N/O)cc1.[K+]. The van der Waals surface area contributed by atoms with Gasteiger partial charge in [0.1, 0.15) is 0 Å². The monoisotopic (exact) mass is 189 g/mol. The molecule has 4 heteroatoms. The molecule has 1 aromatic rings. The fourth-order valence-electron chi connectivity index (χ4n) is 0.754. The van der Waals surface area contributed by atoms with E-state index in [2.05, 4.69) is 5.16 Å². The van der Waals surface area contributed by atoms with Gasteiger partial charge in [0.25, 0.3) is 0 Å². The largest absolute Gasteiger partial charge is 1.00 e. The van der Waals surface area contributed by atoms with Crippen LogP contribution in [0.4, 0.5) is 0 Å². The number of hydrogen-bond donors (Lipinski definition) is 1. The Morgan fingerprint density at radius 2 is 1.83 bits per heavy atom. The molecule has 12 heavy (non-hydrogen) atoms. The molecule has 0 saturated heterocycles. The summed E-state index contributed by atoms with van der Waals surface area (Å²) < 4.78 is 0. The average molecular weight is 189 g/mol. The van der Waals surface area contributed by atoms with Crippen LogP contribution < -0.4 is 56.5 Å². The third kappa shape index (κ3) is 3.24. The van der Waals surface area contributed by atoms with Crippen LogP contribution in [0.1, 0.15) is 11.1 Å². The Morgan fingerprint density at radius 1 is 1.33 bits per heavy atom. The summed E-state index contributed by atoms with van der Waals surface area (Å²) in [6.45, 7) is 1.92. The molecule has 0 aliphatic heterocycles. The van der Waals surface area contributed by atoms with Gasteiger partial charge >= 0.3 is 51.4 Å². The molecule has 1 rings (SSSR count). The molecule has 0 atom stereocenters. The molecule has 1 N–H and O–H groups in total. The van der Waals surface area contributed by atoms with Crippen molar-refractivity contribution in [3.63, 3.8) is 0 Å². The van der Waals surface area contributed by atoms with Crippen LogP contribution >= 0.6 is 0 Å². The maximum atomic E-state index is 10.7. The summed E-state index contributed by atoms with van der Waals surface area (Å²) >= 11 is 0. The van der Waals surface area contributed by atoms with E-state index >= 15 is 0 Å². The van der Waals surface area contributed by atoms with E-state index in [1.165, 1.54) is 0 Å². The minimum Gasteiger partial charge on any atom is -0.856 e. The van der Waals surface area contributed by atoms with Gasteiger partial charge in [-0.3, -0.25) is 0 Å². The van der Waals surface area contributed by atoms with Crippen molar-refractivity contribution < 1.29 is 61.7 Å². The minimum absolute atomic E-state index is 0. The summed E-state index contributed by atoms with van der Waals surface area (Å²) in [7, 11) is 0. The Labute approximate surface area is 114 Å². The number of hydrogen-bond acceptors (Lipinski definition) is 3. The van der Waals surface area contributed by atoms with E-state index in [0.29, 0.717) is 5.56 Å². The van der Waals surface area contributed by atoms with Crippen molar-refractivity contribution in [2.45, 2.75) is 6.92 Å². The third-order valence-electron chi connectivity index (χ3n) is 1.39. The molecule has 3 nitrogen and oxygen atoms in total. The Kier molecular flexibility index (Phi) is 5.78. The number of nitrogens with zero attached hydrogens (tertiary/aromatic N) is 1. The van der Waals surface area contributed by atoms with E-state index in [1.54, 1.807) is 24.3 Å². The van der Waals surface area contributed by atoms with Gasteiger partial charge in [0, 0.05) is 5.90 Å². The molecule has 0 aliphatic carbocycles. The smallest absolute Gasteiger partial charge is 0.856 e. The Bertz CT molecular complexity index is 269. The molecule has 0 fully saturated rings. The second-order valence-electron chi connectivity index (χ2n) is 2.27. The predicted octanol–water partition coefficient (Wildman–Crippen LogP) is -2.50. The molecule has 0 spiro atoms. The molecule has 0 heterocycles. The van der Waals surface area contributed by atoms with Crippen LogP contribution in [0.3, 0.4) is 0 Å². The molecule has 58 valence electrons. The van der Waals surface area contributed by atoms with Gasteiger partial charge in [0.2, 0.25) is 0 Å². The first-order chi connectivity index (χ1) is 5.24. The minimum atomic E-state index is -0.606. The molecular formula is C8H8KNO2. The van der Waals surface area contributed by atoms with Gasteiger partial charge in [-0.1, -0.05) is 29.8 Å². The van der Waals surface area contributed by atoms with Crippen LogP contribution in [0.25, 0.3) is 0 Å². The first kappa shape index (κ1) is 12.1. The summed E-state index contributed by atoms with van der Waals surface area (Å²) in [5.74, 6) is -0.606. The maximum Gasteiger partial charge on any atom is 1.00 e. The normalized spacial score (nSPS) is 10.6. The molecule has 0 bridgehead atoms. The van der Waals surface area contributed by atoms with E-state index in [4.69, 9.17) is 5.21 Å². The molecule has 0 unspecified atom stereocenters. The van der Waals surface area contributed by atoms with Crippen LogP contribution in [-0.2, 0) is 0 Å². The van der Waals surface area contributed by atoms with Gasteiger partial charge in [0.05, 0.1) is 0 Å². The first-order valence-electron chi connectivity index (χ1n) is 3.20. The van der Waals surface area contributed by atoms with Gasteiger partial charge < -0.3 is 10.3 Å². The zero-order valence-corrected chi connectivity index (χ0v) is 10.2. The molecule has 0 saturated carbocycles. The van der Waals surface area contributed by atoms with Crippen molar-refractivity contribution in [2.75, 3.05) is 0 Å². The van der Waals surface area contributed by atoms with Crippen molar-refractivity contribution in [2.24, 2.45) is 5.16 Å². The number of rotatable bonds is 1. The van der Waals surface area contributed by atoms with E-state index in [-0.39, 0.29) is 51.4 Å². The van der Waals surface area contributed by atoms with Gasteiger partial charge in [-0.25, -0.2) is 0 Å². The Hall–Kier alpha value is 0.126. The summed E-state index contributed by atoms with van der Waals surface area (Å²) in [5, 5.41) is 21.4. The van der Waals surface area contributed by atoms with Gasteiger partial charge in [-0.05, 0) is 12.5 Å². The van der Waals surface area contributed by atoms with Crippen LogP contribution in [0.5, 0.6) is 0 Å². The van der Waals surface area contributed by atoms with Crippen molar-refractivity contribution >= 4 is 5.90 Å². The summed E-state index contributed by atoms with van der Waals surface area (Å²) in [6.07, 6.45) is 0. The molecule has 0 aliphatic rings. The maximum absolute atomic E-state index is 10.7. The third-order valence-corrected chi connectivity index (χ3v) is 1.39. The standard InChI is InChI=1S/C8H9NO2.K/c1-6-2-4-7(5-3-6)8(10)9-11;/h2-5,11H,1H3,(H,9,10);/q;+1/p-1. The summed E-state index contributed by atoms with van der Waals surface area (Å²) in [4.78, 5) is 0. The summed E-state index contributed by atoms with van der Waals surface area (Å²) in [5.41, 5.74) is 1.47. The fourth-order valence-corrected chi connectivity index (χ4v) is 0.754. The first-order valence-corrected chi connectivity index (χ1v) is 3.20. The van der Waals surface area contributed by atoms with Crippen molar-refractivity contribution in [1.29, 1.82) is 0 Å². The predicted molar refractivity (Wildman–Crippen MR) is 39.5 cm³/mol. The van der Waals surface area contributed by atoms with E-state index in [1.807, 2.05) is 6.92 Å². The van der Waals surface area contributed by atoms with Crippen LogP contribution in [0, 0.1) is 6.92 Å². The quantitative estimate of drug-likeness (QED) is 0.174. The van der Waals surface area contributed by atoms with E-state index in [9.17, 15) is 5.11 Å². The molecule has 0 aromatic heterocycles. The second kappa shape index (κ2) is 5.72. The van der Waals surface area contributed by atoms with Gasteiger partial charge in [0.15, 0.2) is 0 Å². The average Bonchev–Trinajstić information content (AvgIpc) is 2.05. The molecule has 0 radical (unpaired) electrons. The van der Waals surface area contributed by atoms with Crippen LogP contribution in [0.15, 0.2) is 29.4 Å². The zero-order valence-electron chi connectivity index (χ0n) is 7.11. The Morgan fingerprint density at radius 3 is 2.25 bits per heavy atom. The van der Waals surface area contributed by atoms with Crippen molar-refractivity contribution in [3.05, 3.63) is 35.4 Å². The topological polar surface area (TPSA) is 55.7 Å². The van der Waals surface area contributed by atoms with E-state index in [0.717, 1.165) is 5.56 Å². The molecule has 1 aromatic carbocycles. The van der Waals surface area contributed by atoms with Crippen molar-refractivity contribution in [3.8, 4) is 0 Å². The number of oxime groups is 1.